The molecule has 0 bridgehead atoms. The second-order valence-corrected chi connectivity index (χ2v) is 7.62. The Morgan fingerprint density at radius 2 is 1.85 bits per heavy atom. The number of hydrogen-bond acceptors (Lipinski definition) is 5. The van der Waals surface area contributed by atoms with Crippen molar-refractivity contribution in [3.8, 4) is 5.75 Å². The molecule has 10 heteroatoms. The predicted molar refractivity (Wildman–Crippen MR) is 123 cm³/mol. The molecular weight excluding hydrogens is 466 g/mol. The summed E-state index contributed by atoms with van der Waals surface area (Å²) >= 11 is 6.16. The molecule has 0 aliphatic rings. The first-order valence-electron chi connectivity index (χ1n) is 10.3. The third-order valence-electron chi connectivity index (χ3n) is 4.81. The van der Waals surface area contributed by atoms with Crippen LogP contribution >= 0.6 is 11.8 Å². The fraction of sp³-hybridized carbons (Fsp3) is 0.208. The van der Waals surface area contributed by atoms with Crippen LogP contribution in [0.2, 0.25) is 0 Å². The van der Waals surface area contributed by atoms with Gasteiger partial charge < -0.3 is 15.2 Å². The Kier molecular flexibility index (Phi) is 8.50. The van der Waals surface area contributed by atoms with E-state index in [2.05, 4.69) is 4.98 Å². The van der Waals surface area contributed by atoms with Crippen LogP contribution in [0, 0.1) is 17.0 Å². The van der Waals surface area contributed by atoms with E-state index in [4.69, 9.17) is 32.4 Å². The zero-order valence-corrected chi connectivity index (χ0v) is 19.1. The predicted octanol–water partition coefficient (Wildman–Crippen LogP) is 4.48. The highest BCUT2D eigenvalue weighted by atomic mass is 35.5. The number of nitrogens with one attached hydrogen (secondary N) is 1. The smallest absolute Gasteiger partial charge is 0.271 e. The average molecular weight is 489 g/mol. The summed E-state index contributed by atoms with van der Waals surface area (Å²) in [7, 11) is 0. The maximum atomic E-state index is 14.9. The molecule has 3 N–H and O–H groups in total. The molecule has 1 heterocycles. The van der Waals surface area contributed by atoms with Crippen LogP contribution in [0.5, 0.6) is 5.75 Å². The van der Waals surface area contributed by atoms with Crippen LogP contribution in [-0.4, -0.2) is 27.8 Å². The molecule has 1 amide bonds. The second kappa shape index (κ2) is 11.5. The Morgan fingerprint density at radius 1 is 1.18 bits per heavy atom. The van der Waals surface area contributed by atoms with E-state index in [1.165, 1.54) is 0 Å². The summed E-state index contributed by atoms with van der Waals surface area (Å²) in [5.74, 6) is -2.99. The number of rotatable bonds is 10. The van der Waals surface area contributed by atoms with Crippen molar-refractivity contribution in [1.82, 2.24) is 9.40 Å². The minimum Gasteiger partial charge on any atom is -0.487 e. The highest BCUT2D eigenvalue weighted by molar-refractivity contribution is 6.21. The molecule has 7 nitrogen and oxygen atoms in total. The van der Waals surface area contributed by atoms with Crippen molar-refractivity contribution in [2.75, 3.05) is 6.61 Å². The van der Waals surface area contributed by atoms with Gasteiger partial charge in [0.15, 0.2) is 6.10 Å². The molecule has 2 aromatic carbocycles. The van der Waals surface area contributed by atoms with E-state index in [9.17, 15) is 13.6 Å². The molecule has 0 radical (unpaired) electrons. The van der Waals surface area contributed by atoms with Gasteiger partial charge in [0.1, 0.15) is 29.8 Å². The Labute approximate surface area is 200 Å². The van der Waals surface area contributed by atoms with Gasteiger partial charge in [0.05, 0.1) is 17.8 Å². The SMILES string of the molecule is CCOC(C(=O)N(Cl)Cc1ccc(C(=N)N)cc1)c1c(F)cc(OCc2ccccn2)cc1F. The molecule has 0 spiro atoms. The molecule has 1 atom stereocenters. The molecule has 1 aromatic heterocycles. The lowest BCUT2D eigenvalue weighted by molar-refractivity contribution is -0.139. The lowest BCUT2D eigenvalue weighted by Gasteiger charge is -2.23. The van der Waals surface area contributed by atoms with Crippen LogP contribution in [0.4, 0.5) is 8.78 Å². The normalized spacial score (nSPS) is 11.6. The summed E-state index contributed by atoms with van der Waals surface area (Å²) in [6.45, 7) is 1.58. The minimum atomic E-state index is -1.59. The molecule has 0 aliphatic carbocycles. The van der Waals surface area contributed by atoms with E-state index in [0.29, 0.717) is 16.8 Å². The van der Waals surface area contributed by atoms with Crippen LogP contribution in [0.3, 0.4) is 0 Å². The number of ether oxygens (including phenoxy) is 2. The zero-order valence-electron chi connectivity index (χ0n) is 18.3. The number of amides is 1. The second-order valence-electron chi connectivity index (χ2n) is 7.21. The number of aromatic nitrogens is 1. The number of hydrogen-bond donors (Lipinski definition) is 2. The number of benzene rings is 2. The highest BCUT2D eigenvalue weighted by Gasteiger charge is 2.32. The number of nitrogens with two attached hydrogens (primary N) is 1. The van der Waals surface area contributed by atoms with Crippen molar-refractivity contribution < 1.29 is 23.0 Å². The molecule has 3 rings (SSSR count). The third kappa shape index (κ3) is 6.27. The maximum absolute atomic E-state index is 14.9. The van der Waals surface area contributed by atoms with Crippen LogP contribution in [0.25, 0.3) is 0 Å². The van der Waals surface area contributed by atoms with E-state index in [-0.39, 0.29) is 31.3 Å². The zero-order chi connectivity index (χ0) is 24.7. The van der Waals surface area contributed by atoms with Gasteiger partial charge in [-0.15, -0.1) is 0 Å². The van der Waals surface area contributed by atoms with Gasteiger partial charge in [0, 0.05) is 42.3 Å². The fourth-order valence-electron chi connectivity index (χ4n) is 3.14. The van der Waals surface area contributed by atoms with Crippen LogP contribution in [-0.2, 0) is 22.7 Å². The fourth-order valence-corrected chi connectivity index (χ4v) is 3.36. The van der Waals surface area contributed by atoms with Gasteiger partial charge in [-0.1, -0.05) is 30.3 Å². The van der Waals surface area contributed by atoms with Crippen molar-refractivity contribution in [2.45, 2.75) is 26.2 Å². The Hall–Kier alpha value is -3.56. The molecule has 34 heavy (non-hydrogen) atoms. The van der Waals surface area contributed by atoms with Crippen molar-refractivity contribution in [1.29, 1.82) is 5.41 Å². The summed E-state index contributed by atoms with van der Waals surface area (Å²) in [6, 6.07) is 13.7. The van der Waals surface area contributed by atoms with Crippen molar-refractivity contribution in [3.63, 3.8) is 0 Å². The lowest BCUT2D eigenvalue weighted by Crippen LogP contribution is -2.30. The number of nitrogen functional groups attached to an aromatic ring is 1. The van der Waals surface area contributed by atoms with Gasteiger partial charge in [-0.25, -0.2) is 13.2 Å². The van der Waals surface area contributed by atoms with E-state index < -0.39 is 29.2 Å². The number of nitrogens with zero attached hydrogens (tertiary/aromatic N) is 2. The van der Waals surface area contributed by atoms with E-state index in [1.54, 1.807) is 55.6 Å². The Balaban J connectivity index is 1.77. The first-order valence-corrected chi connectivity index (χ1v) is 10.7. The van der Waals surface area contributed by atoms with Crippen molar-refractivity contribution in [3.05, 3.63) is 94.8 Å². The third-order valence-corrected chi connectivity index (χ3v) is 5.10. The molecule has 0 aliphatic heterocycles. The summed E-state index contributed by atoms with van der Waals surface area (Å²) < 4.78 is 41.5. The summed E-state index contributed by atoms with van der Waals surface area (Å²) in [5, 5.41) is 7.43. The summed E-state index contributed by atoms with van der Waals surface area (Å²) in [5.41, 5.74) is 6.60. The first-order chi connectivity index (χ1) is 16.3. The number of carbonyl (C=O) groups is 1. The number of halogens is 3. The maximum Gasteiger partial charge on any atom is 0.271 e. The number of carbonyl (C=O) groups excluding carboxylic acids is 1. The van der Waals surface area contributed by atoms with Crippen LogP contribution in [0.15, 0.2) is 60.8 Å². The van der Waals surface area contributed by atoms with Crippen LogP contribution < -0.4 is 10.5 Å². The Morgan fingerprint density at radius 3 is 2.41 bits per heavy atom. The highest BCUT2D eigenvalue weighted by Crippen LogP contribution is 2.30. The monoisotopic (exact) mass is 488 g/mol. The van der Waals surface area contributed by atoms with E-state index in [0.717, 1.165) is 16.6 Å². The van der Waals surface area contributed by atoms with Gasteiger partial charge in [-0.05, 0) is 24.6 Å². The molecule has 0 saturated heterocycles. The standard InChI is InChI=1S/C24H23ClF2N4O3/c1-2-33-22(24(32)31(25)13-15-6-8-16(9-7-15)23(28)29)21-19(26)11-18(12-20(21)27)34-14-17-5-3-4-10-30-17/h3-12,22H,2,13-14H2,1H3,(H3,28,29). The quantitative estimate of drug-likeness (QED) is 0.249. The van der Waals surface area contributed by atoms with E-state index in [1.807, 2.05) is 0 Å². The molecule has 0 fully saturated rings. The first kappa shape index (κ1) is 25.1. The topological polar surface area (TPSA) is 102 Å². The average Bonchev–Trinajstić information content (AvgIpc) is 2.82. The molecule has 178 valence electrons. The molecule has 0 saturated carbocycles. The van der Waals surface area contributed by atoms with Gasteiger partial charge >= 0.3 is 0 Å². The molecule has 1 unspecified atom stereocenters. The Bertz CT molecular complexity index is 1120. The van der Waals surface area contributed by atoms with Gasteiger partial charge in [0.25, 0.3) is 5.91 Å². The van der Waals surface area contributed by atoms with Gasteiger partial charge in [0.2, 0.25) is 0 Å². The molecular formula is C24H23ClF2N4O3. The van der Waals surface area contributed by atoms with Gasteiger partial charge in [-0.2, -0.15) is 0 Å². The minimum absolute atomic E-state index is 0.0186. The van der Waals surface area contributed by atoms with E-state index >= 15 is 0 Å². The lowest BCUT2D eigenvalue weighted by atomic mass is 10.1. The number of pyridine rings is 1. The number of amidine groups is 1. The summed E-state index contributed by atoms with van der Waals surface area (Å²) in [6.07, 6.45) is -0.0135. The largest absolute Gasteiger partial charge is 0.487 e. The van der Waals surface area contributed by atoms with Crippen molar-refractivity contribution >= 4 is 23.5 Å². The van der Waals surface area contributed by atoms with Crippen LogP contribution in [0.1, 0.15) is 35.4 Å². The summed E-state index contributed by atoms with van der Waals surface area (Å²) in [4.78, 5) is 17.0. The van der Waals surface area contributed by atoms with Gasteiger partial charge in [-0.3, -0.25) is 15.2 Å². The molecule has 3 aromatic rings. The van der Waals surface area contributed by atoms with Crippen molar-refractivity contribution in [2.24, 2.45) is 5.73 Å².